The van der Waals surface area contributed by atoms with Crippen LogP contribution in [0.3, 0.4) is 0 Å². The molecule has 0 saturated heterocycles. The van der Waals surface area contributed by atoms with Crippen LogP contribution >= 0.6 is 13.5 Å². The van der Waals surface area contributed by atoms with E-state index in [9.17, 15) is 24.0 Å². The molecule has 5 amide bonds. The summed E-state index contributed by atoms with van der Waals surface area (Å²) in [6.07, 6.45) is 0.124. The highest BCUT2D eigenvalue weighted by Crippen LogP contribution is 2.45. The normalized spacial score (nSPS) is 11.3. The number of hydrogen-bond donors (Lipinski definition) is 5. The second kappa shape index (κ2) is 27.1. The van der Waals surface area contributed by atoms with Crippen molar-refractivity contribution in [2.24, 2.45) is 4.99 Å². The van der Waals surface area contributed by atoms with Gasteiger partial charge < -0.3 is 29.6 Å². The van der Waals surface area contributed by atoms with Crippen molar-refractivity contribution in [1.82, 2.24) is 21.4 Å². The molecule has 0 spiro atoms. The third-order valence-corrected chi connectivity index (χ3v) is 10.2. The molecule has 73 heavy (non-hydrogen) atoms. The van der Waals surface area contributed by atoms with Gasteiger partial charge in [0.05, 0.1) is 6.61 Å². The van der Waals surface area contributed by atoms with E-state index >= 15 is 0 Å². The highest BCUT2D eigenvalue weighted by atomic mass is 32.1. The smallest absolute Gasteiger partial charge is 0.414 e. The molecule has 0 aromatic heterocycles. The van der Waals surface area contributed by atoms with Crippen LogP contribution in [0, 0.1) is 0 Å². The molecule has 386 valence electrons. The number of fused-ring (bicyclic) bond motifs is 2. The number of carbonyl (C=O) groups is 5. The Labute approximate surface area is 433 Å². The molecular weight excluding hydrogens is 949 g/mol. The number of nitrogens with zero attached hydrogens (tertiary/aromatic N) is 1. The fourth-order valence-electron chi connectivity index (χ4n) is 7.24. The number of rotatable bonds is 18. The first kappa shape index (κ1) is 57.7. The Morgan fingerprint density at radius 1 is 0.685 bits per heavy atom. The Bertz CT molecular complexity index is 2870. The van der Waals surface area contributed by atoms with E-state index in [1.165, 1.54) is 6.07 Å². The van der Waals surface area contributed by atoms with Gasteiger partial charge in [0.25, 0.3) is 11.8 Å². The molecule has 6 rings (SSSR count). The third-order valence-electron chi connectivity index (χ3n) is 10.2. The van der Waals surface area contributed by atoms with Crippen LogP contribution in [0.25, 0.3) is 32.7 Å². The lowest BCUT2D eigenvalue weighted by Crippen LogP contribution is -2.47. The van der Waals surface area contributed by atoms with Gasteiger partial charge in [0.1, 0.15) is 35.3 Å². The summed E-state index contributed by atoms with van der Waals surface area (Å²) in [6, 6.07) is 37.7. The zero-order chi connectivity index (χ0) is 51.0. The molecule has 0 heterocycles. The van der Waals surface area contributed by atoms with Crippen molar-refractivity contribution in [3.63, 3.8) is 0 Å². The van der Waals surface area contributed by atoms with Crippen molar-refractivity contribution in [2.45, 2.75) is 85.7 Å². The summed E-state index contributed by atoms with van der Waals surface area (Å²) in [5.41, 5.74) is 3.55. The van der Waals surface area contributed by atoms with E-state index in [4.69, 9.17) is 23.8 Å². The van der Waals surface area contributed by atoms with Crippen LogP contribution in [0.15, 0.2) is 145 Å². The number of aliphatic imine (C=N–C) groups is 1. The molecule has 17 heteroatoms. The van der Waals surface area contributed by atoms with E-state index in [0.717, 1.165) is 32.7 Å². The number of ether oxygens (including phenoxy) is 4. The molecule has 0 aliphatic heterocycles. The van der Waals surface area contributed by atoms with Gasteiger partial charge in [-0.05, 0) is 112 Å². The van der Waals surface area contributed by atoms with Crippen molar-refractivity contribution >= 4 is 76.6 Å². The van der Waals surface area contributed by atoms with Gasteiger partial charge in [0.15, 0.2) is 6.61 Å². The molecular formula is C56H66N6O10S. The quantitative estimate of drug-likeness (QED) is 0.0181. The van der Waals surface area contributed by atoms with E-state index in [1.807, 2.05) is 97.1 Å². The third kappa shape index (κ3) is 17.7. The fraction of sp³-hybridized carbons (Fsp3) is 0.286. The topological polar surface area (TPSA) is 204 Å². The summed E-state index contributed by atoms with van der Waals surface area (Å²) in [7, 11) is 0. The summed E-state index contributed by atoms with van der Waals surface area (Å²) >= 11 is 0. The highest BCUT2D eigenvalue weighted by molar-refractivity contribution is 7.59. The summed E-state index contributed by atoms with van der Waals surface area (Å²) in [5.74, 6) is -1.00. The largest absolute Gasteiger partial charge is 0.489 e. The Morgan fingerprint density at radius 3 is 1.82 bits per heavy atom. The fourth-order valence-corrected chi connectivity index (χ4v) is 7.24. The van der Waals surface area contributed by atoms with Crippen molar-refractivity contribution in [3.05, 3.63) is 151 Å². The Kier molecular flexibility index (Phi) is 21.4. The second-order valence-corrected chi connectivity index (χ2v) is 18.2. The van der Waals surface area contributed by atoms with E-state index < -0.39 is 53.8 Å². The number of hydrogen-bond acceptors (Lipinski definition) is 11. The van der Waals surface area contributed by atoms with Crippen LogP contribution in [0.2, 0.25) is 0 Å². The predicted molar refractivity (Wildman–Crippen MR) is 291 cm³/mol. The van der Waals surface area contributed by atoms with E-state index in [0.29, 0.717) is 17.1 Å². The van der Waals surface area contributed by atoms with Crippen molar-refractivity contribution in [1.29, 1.82) is 0 Å². The second-order valence-electron chi connectivity index (χ2n) is 18.2. The van der Waals surface area contributed by atoms with Crippen LogP contribution in [-0.2, 0) is 30.5 Å². The molecule has 1 atom stereocenters. The number of benzene rings is 6. The number of anilines is 1. The van der Waals surface area contributed by atoms with Gasteiger partial charge in [-0.1, -0.05) is 117 Å². The van der Waals surface area contributed by atoms with Gasteiger partial charge in [0, 0.05) is 28.9 Å². The predicted octanol–water partition coefficient (Wildman–Crippen LogP) is 10.5. The van der Waals surface area contributed by atoms with Crippen LogP contribution in [0.1, 0.15) is 77.7 Å². The number of carbonyl (C=O) groups excluding carboxylic acids is 5. The van der Waals surface area contributed by atoms with E-state index in [1.54, 1.807) is 71.9 Å². The molecule has 0 saturated carbocycles. The number of guanidine groups is 1. The zero-order valence-electron chi connectivity index (χ0n) is 41.3. The minimum atomic E-state index is -1.16. The van der Waals surface area contributed by atoms with Crippen LogP contribution in [-0.4, -0.2) is 72.9 Å². The lowest BCUT2D eigenvalue weighted by molar-refractivity contribution is -0.128. The van der Waals surface area contributed by atoms with E-state index in [-0.39, 0.29) is 70.7 Å². The first-order valence-corrected chi connectivity index (χ1v) is 23.1. The maximum Gasteiger partial charge on any atom is 0.414 e. The number of hydroxylamine groups is 1. The van der Waals surface area contributed by atoms with E-state index in [2.05, 4.69) is 38.3 Å². The lowest BCUT2D eigenvalue weighted by Gasteiger charge is -2.22. The Hall–Kier alpha value is -7.89. The molecule has 5 N–H and O–H groups in total. The monoisotopic (exact) mass is 1010 g/mol. The van der Waals surface area contributed by atoms with Crippen LogP contribution < -0.4 is 36.2 Å². The van der Waals surface area contributed by atoms with Crippen LogP contribution in [0.4, 0.5) is 15.3 Å². The molecule has 6 aromatic rings. The maximum atomic E-state index is 14.2. The standard InChI is InChI=1S/C55H60N6O10.CH4.H2S/c1-8-32-67-44-29-27-37-20-12-14-24-41(37)47(44)48-42-25-15-13-21-38(42)28-30-45(48)68-35-46(62)58-43(26-17-31-56-51(59-52(65)70-54(2,3)4)60-53(66)71-55(5,6)7)50(64)57-40-23-16-22-39(33-40)49(63)61-69-34-36-18-10-9-11-19-36;;/h8-16,18-25,27-30,33,43H,1,17,26,31-32,34-35H2,2-7H3,(H,57,64)(H,58,62)(H,61,63)(H2,56,59,60,65,66);1H4;1H2/t43-;;/m1../s1. The Morgan fingerprint density at radius 2 is 1.25 bits per heavy atom. The molecule has 0 unspecified atom stereocenters. The molecule has 16 nitrogen and oxygen atoms in total. The van der Waals surface area contributed by atoms with Crippen molar-refractivity contribution in [3.8, 4) is 22.6 Å². The first-order valence-electron chi connectivity index (χ1n) is 23.1. The summed E-state index contributed by atoms with van der Waals surface area (Å²) < 4.78 is 23.3. The Balaban J connectivity index is 0.00000578. The molecule has 0 aliphatic rings. The number of nitrogens with one attached hydrogen (secondary N) is 5. The number of amides is 5. The zero-order valence-corrected chi connectivity index (χ0v) is 42.3. The number of alkyl carbamates (subject to hydrolysis) is 2. The minimum absolute atomic E-state index is 0. The summed E-state index contributed by atoms with van der Waals surface area (Å²) in [5, 5.41) is 14.2. The summed E-state index contributed by atoms with van der Waals surface area (Å²) in [6.45, 7) is 13.8. The van der Waals surface area contributed by atoms with Crippen molar-refractivity contribution in [2.75, 3.05) is 25.1 Å². The highest BCUT2D eigenvalue weighted by Gasteiger charge is 2.25. The van der Waals surface area contributed by atoms with Crippen molar-refractivity contribution < 1.29 is 47.8 Å². The van der Waals surface area contributed by atoms with Gasteiger partial charge in [-0.25, -0.2) is 15.1 Å². The maximum absolute atomic E-state index is 14.2. The molecule has 0 aliphatic carbocycles. The van der Waals surface area contributed by atoms with Crippen LogP contribution in [0.5, 0.6) is 11.5 Å². The lowest BCUT2D eigenvalue weighted by atomic mass is 9.92. The molecule has 0 bridgehead atoms. The first-order chi connectivity index (χ1) is 34.0. The molecule has 0 fully saturated rings. The minimum Gasteiger partial charge on any atom is -0.489 e. The average molecular weight is 1020 g/mol. The molecule has 6 aromatic carbocycles. The van der Waals surface area contributed by atoms with Gasteiger partial charge >= 0.3 is 12.2 Å². The molecule has 0 radical (unpaired) electrons. The average Bonchev–Trinajstić information content (AvgIpc) is 3.32. The van der Waals surface area contributed by atoms with Gasteiger partial charge in [-0.3, -0.25) is 34.8 Å². The SMILES string of the molecule is C.C=CCOc1ccc2ccccc2c1-c1c(OCC(=O)N[C@H](CCCN=C(NC(=O)OC(C)(C)C)NC(=O)OC(C)(C)C)C(=O)Nc2cccc(C(=O)NOCc3ccccc3)c2)ccc2ccccc12.S. The van der Waals surface area contributed by atoms with Gasteiger partial charge in [0.2, 0.25) is 11.9 Å². The van der Waals surface area contributed by atoms with Gasteiger partial charge in [-0.15, -0.1) is 0 Å². The summed E-state index contributed by atoms with van der Waals surface area (Å²) in [4.78, 5) is 76.4. The van der Waals surface area contributed by atoms with Gasteiger partial charge in [-0.2, -0.15) is 13.5 Å².